The van der Waals surface area contributed by atoms with E-state index < -0.39 is 0 Å². The molecule has 3 nitrogen and oxygen atoms in total. The number of hydrogen-bond donors (Lipinski definition) is 1. The predicted molar refractivity (Wildman–Crippen MR) is 82.6 cm³/mol. The van der Waals surface area contributed by atoms with Gasteiger partial charge in [-0.25, -0.2) is 0 Å². The first kappa shape index (κ1) is 13.4. The van der Waals surface area contributed by atoms with Crippen LogP contribution < -0.4 is 10.6 Å². The number of anilines is 2. The Morgan fingerprint density at radius 2 is 2.06 bits per heavy atom. The lowest BCUT2D eigenvalue weighted by Gasteiger charge is -2.22. The summed E-state index contributed by atoms with van der Waals surface area (Å²) in [6, 6.07) is 8.23. The maximum atomic E-state index is 5.96. The highest BCUT2D eigenvalue weighted by atomic mass is 79.9. The minimum Gasteiger partial charge on any atom is -0.396 e. The van der Waals surface area contributed by atoms with Gasteiger partial charge in [0.25, 0.3) is 0 Å². The van der Waals surface area contributed by atoms with Crippen molar-refractivity contribution in [3.05, 3.63) is 51.2 Å². The highest BCUT2D eigenvalue weighted by Crippen LogP contribution is 2.31. The fourth-order valence-electron chi connectivity index (χ4n) is 1.83. The van der Waals surface area contributed by atoms with Crippen LogP contribution in [-0.2, 0) is 6.54 Å². The van der Waals surface area contributed by atoms with Gasteiger partial charge in [-0.1, -0.05) is 28.1 Å². The monoisotopic (exact) mass is 369 g/mol. The number of rotatable bonds is 3. The molecule has 1 heterocycles. The van der Waals surface area contributed by atoms with Gasteiger partial charge in [-0.3, -0.25) is 4.98 Å². The number of pyridine rings is 1. The Morgan fingerprint density at radius 1 is 1.28 bits per heavy atom. The number of nitrogens with zero attached hydrogens (tertiary/aromatic N) is 2. The summed E-state index contributed by atoms with van der Waals surface area (Å²) in [5.74, 6) is 0. The molecule has 0 saturated carbocycles. The molecule has 5 heteroatoms. The van der Waals surface area contributed by atoms with Crippen LogP contribution in [0.15, 0.2) is 45.6 Å². The quantitative estimate of drug-likeness (QED) is 0.892. The second-order valence-corrected chi connectivity index (χ2v) is 5.82. The third-order valence-corrected chi connectivity index (χ3v) is 3.67. The molecule has 2 aromatic rings. The molecule has 2 rings (SSSR count). The zero-order valence-corrected chi connectivity index (χ0v) is 13.1. The molecule has 1 aromatic carbocycles. The average molecular weight is 371 g/mol. The van der Waals surface area contributed by atoms with Crippen LogP contribution in [0.4, 0.5) is 11.4 Å². The molecule has 0 saturated heterocycles. The van der Waals surface area contributed by atoms with E-state index in [-0.39, 0.29) is 0 Å². The van der Waals surface area contributed by atoms with Gasteiger partial charge in [-0.15, -0.1) is 0 Å². The maximum Gasteiger partial charge on any atom is 0.0776 e. The molecular formula is C13H13Br2N3. The highest BCUT2D eigenvalue weighted by Gasteiger charge is 2.10. The lowest BCUT2D eigenvalue weighted by molar-refractivity contribution is 0.918. The molecule has 0 bridgehead atoms. The van der Waals surface area contributed by atoms with Crippen molar-refractivity contribution < 1.29 is 0 Å². The molecule has 0 aliphatic rings. The van der Waals surface area contributed by atoms with Crippen molar-refractivity contribution in [1.29, 1.82) is 0 Å². The third kappa shape index (κ3) is 3.03. The van der Waals surface area contributed by atoms with Gasteiger partial charge in [0.2, 0.25) is 0 Å². The van der Waals surface area contributed by atoms with Gasteiger partial charge in [0, 0.05) is 24.3 Å². The van der Waals surface area contributed by atoms with Crippen molar-refractivity contribution in [3.8, 4) is 0 Å². The fourth-order valence-corrected chi connectivity index (χ4v) is 2.93. The van der Waals surface area contributed by atoms with Crippen LogP contribution in [0, 0.1) is 0 Å². The number of halogens is 2. The van der Waals surface area contributed by atoms with Crippen molar-refractivity contribution in [3.63, 3.8) is 0 Å². The lowest BCUT2D eigenvalue weighted by atomic mass is 10.2. The Balaban J connectivity index is 2.25. The van der Waals surface area contributed by atoms with Gasteiger partial charge in [0.1, 0.15) is 0 Å². The number of aromatic nitrogens is 1. The number of nitrogen functional groups attached to an aromatic ring is 1. The Bertz CT molecular complexity index is 537. The van der Waals surface area contributed by atoms with E-state index in [1.807, 2.05) is 19.2 Å². The zero-order chi connectivity index (χ0) is 13.1. The molecule has 94 valence electrons. The van der Waals surface area contributed by atoms with Crippen molar-refractivity contribution >= 4 is 43.2 Å². The van der Waals surface area contributed by atoms with Gasteiger partial charge in [0.05, 0.1) is 22.0 Å². The topological polar surface area (TPSA) is 42.1 Å². The first-order chi connectivity index (χ1) is 8.58. The summed E-state index contributed by atoms with van der Waals surface area (Å²) < 4.78 is 1.98. The van der Waals surface area contributed by atoms with Crippen molar-refractivity contribution in [1.82, 2.24) is 4.98 Å². The number of hydrogen-bond acceptors (Lipinski definition) is 3. The van der Waals surface area contributed by atoms with Gasteiger partial charge >= 0.3 is 0 Å². The Morgan fingerprint density at radius 3 is 2.72 bits per heavy atom. The van der Waals surface area contributed by atoms with Crippen molar-refractivity contribution in [2.75, 3.05) is 17.7 Å². The summed E-state index contributed by atoms with van der Waals surface area (Å²) in [5, 5.41) is 0. The van der Waals surface area contributed by atoms with Crippen LogP contribution in [0.1, 0.15) is 5.56 Å². The second kappa shape index (κ2) is 5.71. The lowest BCUT2D eigenvalue weighted by Crippen LogP contribution is -2.18. The van der Waals surface area contributed by atoms with E-state index in [4.69, 9.17) is 5.73 Å². The summed E-state index contributed by atoms with van der Waals surface area (Å²) in [6.07, 6.45) is 3.42. The maximum absolute atomic E-state index is 5.96. The molecule has 0 aliphatic heterocycles. The molecule has 2 N–H and O–H groups in total. The van der Waals surface area contributed by atoms with Crippen LogP contribution in [0.2, 0.25) is 0 Å². The minimum absolute atomic E-state index is 0.668. The molecule has 0 atom stereocenters. The highest BCUT2D eigenvalue weighted by molar-refractivity contribution is 9.10. The SMILES string of the molecule is CN(Cc1cccc(Br)c1)c1c(N)cncc1Br. The summed E-state index contributed by atoms with van der Waals surface area (Å²) in [4.78, 5) is 6.14. The van der Waals surface area contributed by atoms with E-state index in [2.05, 4.69) is 53.9 Å². The first-order valence-corrected chi connectivity index (χ1v) is 7.01. The van der Waals surface area contributed by atoms with E-state index in [0.717, 1.165) is 21.2 Å². The zero-order valence-electron chi connectivity index (χ0n) is 9.90. The molecule has 0 amide bonds. The van der Waals surface area contributed by atoms with Gasteiger partial charge in [-0.05, 0) is 33.6 Å². The van der Waals surface area contributed by atoms with Crippen LogP contribution in [0.3, 0.4) is 0 Å². The van der Waals surface area contributed by atoms with E-state index in [1.54, 1.807) is 12.4 Å². The second-order valence-electron chi connectivity index (χ2n) is 4.05. The number of nitrogens with two attached hydrogens (primary N) is 1. The van der Waals surface area contributed by atoms with Crippen molar-refractivity contribution in [2.45, 2.75) is 6.54 Å². The Kier molecular flexibility index (Phi) is 4.24. The van der Waals surface area contributed by atoms with Crippen LogP contribution in [-0.4, -0.2) is 12.0 Å². The molecule has 0 fully saturated rings. The predicted octanol–water partition coefficient (Wildman–Crippen LogP) is 3.83. The normalized spacial score (nSPS) is 10.4. The third-order valence-electron chi connectivity index (χ3n) is 2.59. The average Bonchev–Trinajstić information content (AvgIpc) is 2.28. The summed E-state index contributed by atoms with van der Waals surface area (Å²) in [7, 11) is 2.01. The van der Waals surface area contributed by atoms with Gasteiger partial charge in [0.15, 0.2) is 0 Å². The smallest absolute Gasteiger partial charge is 0.0776 e. The standard InChI is InChI=1S/C13H13Br2N3/c1-18(8-9-3-2-4-10(14)5-9)13-11(15)6-17-7-12(13)16/h2-7H,8,16H2,1H3. The first-order valence-electron chi connectivity index (χ1n) is 5.42. The minimum atomic E-state index is 0.668. The molecule has 1 aromatic heterocycles. The summed E-state index contributed by atoms with van der Waals surface area (Å²) >= 11 is 6.96. The molecular weight excluding hydrogens is 358 g/mol. The van der Waals surface area contributed by atoms with Crippen LogP contribution >= 0.6 is 31.9 Å². The largest absolute Gasteiger partial charge is 0.396 e. The van der Waals surface area contributed by atoms with Crippen LogP contribution in [0.5, 0.6) is 0 Å². The molecule has 0 aliphatic carbocycles. The van der Waals surface area contributed by atoms with E-state index in [9.17, 15) is 0 Å². The van der Waals surface area contributed by atoms with Gasteiger partial charge in [-0.2, -0.15) is 0 Å². The Labute approximate surface area is 123 Å². The molecule has 18 heavy (non-hydrogen) atoms. The Hall–Kier alpha value is -1.07. The molecule has 0 spiro atoms. The van der Waals surface area contributed by atoms with E-state index >= 15 is 0 Å². The van der Waals surface area contributed by atoms with Gasteiger partial charge < -0.3 is 10.6 Å². The molecule has 0 unspecified atom stereocenters. The number of benzene rings is 1. The fraction of sp³-hybridized carbons (Fsp3) is 0.154. The van der Waals surface area contributed by atoms with E-state index in [0.29, 0.717) is 5.69 Å². The molecule has 0 radical (unpaired) electrons. The summed E-state index contributed by atoms with van der Waals surface area (Å²) in [5.41, 5.74) is 8.81. The van der Waals surface area contributed by atoms with Crippen LogP contribution in [0.25, 0.3) is 0 Å². The van der Waals surface area contributed by atoms with E-state index in [1.165, 1.54) is 5.56 Å². The summed E-state index contributed by atoms with van der Waals surface area (Å²) in [6.45, 7) is 0.784. The van der Waals surface area contributed by atoms with Crippen molar-refractivity contribution in [2.24, 2.45) is 0 Å².